The van der Waals surface area contributed by atoms with Crippen molar-refractivity contribution in [1.82, 2.24) is 9.62 Å². The number of hydrogen-bond acceptors (Lipinski definition) is 5. The van der Waals surface area contributed by atoms with E-state index in [1.165, 1.54) is 12.1 Å². The second-order valence-corrected chi connectivity index (χ2v) is 8.40. The lowest BCUT2D eigenvalue weighted by Gasteiger charge is -2.32. The summed E-state index contributed by atoms with van der Waals surface area (Å²) in [5, 5.41) is 2.78. The molecule has 0 aromatic heterocycles. The van der Waals surface area contributed by atoms with E-state index in [-0.39, 0.29) is 48.1 Å². The van der Waals surface area contributed by atoms with Crippen LogP contribution in [0.3, 0.4) is 0 Å². The maximum absolute atomic E-state index is 12.6. The Morgan fingerprint density at radius 3 is 2.75 bits per heavy atom. The molecule has 158 valence electrons. The number of nitrogens with one attached hydrogen (secondary N) is 2. The van der Waals surface area contributed by atoms with Gasteiger partial charge in [-0.2, -0.15) is 0 Å². The van der Waals surface area contributed by atoms with Gasteiger partial charge in [-0.15, -0.1) is 12.4 Å². The molecule has 1 atom stereocenters. The summed E-state index contributed by atoms with van der Waals surface area (Å²) in [4.78, 5) is 26.5. The zero-order chi connectivity index (χ0) is 19.9. The Morgan fingerprint density at radius 2 is 2.07 bits per heavy atom. The van der Waals surface area contributed by atoms with Crippen LogP contribution in [0.1, 0.15) is 32.6 Å². The molecule has 1 aromatic rings. The fourth-order valence-electron chi connectivity index (χ4n) is 3.05. The topological polar surface area (TPSA) is 122 Å². The number of carbonyl (C=O) groups excluding carboxylic acids is 2. The van der Waals surface area contributed by atoms with Gasteiger partial charge in [-0.1, -0.05) is 13.0 Å². The first-order chi connectivity index (χ1) is 12.9. The van der Waals surface area contributed by atoms with E-state index in [1.807, 2.05) is 6.92 Å². The number of anilines is 1. The molecule has 1 saturated heterocycles. The summed E-state index contributed by atoms with van der Waals surface area (Å²) in [6, 6.07) is 6.09. The van der Waals surface area contributed by atoms with Crippen LogP contribution >= 0.6 is 12.4 Å². The molecule has 1 heterocycles. The van der Waals surface area contributed by atoms with Crippen molar-refractivity contribution in [2.45, 2.75) is 37.5 Å². The standard InChI is InChI=1S/C18H28N4O4S.ClH/c1-2-5-17(23)22-11-4-6-14(13-22)18(24)21-15-7-3-8-16(12-15)27(25,26)20-10-9-19;/h3,7-8,12,14,20H,2,4-6,9-11,13,19H2,1H3,(H,21,24);1H. The number of rotatable bonds is 8. The van der Waals surface area contributed by atoms with Crippen LogP contribution in [0.25, 0.3) is 0 Å². The molecule has 8 nitrogen and oxygen atoms in total. The smallest absolute Gasteiger partial charge is 0.240 e. The van der Waals surface area contributed by atoms with Crippen molar-refractivity contribution in [2.75, 3.05) is 31.5 Å². The summed E-state index contributed by atoms with van der Waals surface area (Å²) >= 11 is 0. The zero-order valence-corrected chi connectivity index (χ0v) is 17.7. The van der Waals surface area contributed by atoms with Gasteiger partial charge in [0.15, 0.2) is 0 Å². The molecular formula is C18H29ClN4O4S. The predicted molar refractivity (Wildman–Crippen MR) is 111 cm³/mol. The Bertz CT molecular complexity index is 773. The van der Waals surface area contributed by atoms with E-state index in [0.29, 0.717) is 31.6 Å². The van der Waals surface area contributed by atoms with E-state index in [0.717, 1.165) is 12.8 Å². The lowest BCUT2D eigenvalue weighted by molar-refractivity contribution is -0.134. The second kappa shape index (κ2) is 11.4. The monoisotopic (exact) mass is 432 g/mol. The molecule has 28 heavy (non-hydrogen) atoms. The van der Waals surface area contributed by atoms with Gasteiger partial charge in [0.25, 0.3) is 0 Å². The van der Waals surface area contributed by atoms with E-state index in [9.17, 15) is 18.0 Å². The van der Waals surface area contributed by atoms with Gasteiger partial charge in [0, 0.05) is 38.3 Å². The first-order valence-corrected chi connectivity index (χ1v) is 10.7. The van der Waals surface area contributed by atoms with Gasteiger partial charge in [0.2, 0.25) is 21.8 Å². The van der Waals surface area contributed by atoms with Gasteiger partial charge in [-0.05, 0) is 37.5 Å². The molecule has 2 rings (SSSR count). The van der Waals surface area contributed by atoms with Crippen molar-refractivity contribution in [3.63, 3.8) is 0 Å². The van der Waals surface area contributed by atoms with E-state index < -0.39 is 10.0 Å². The van der Waals surface area contributed by atoms with E-state index in [1.54, 1.807) is 17.0 Å². The molecule has 0 radical (unpaired) electrons. The normalized spacial score (nSPS) is 16.9. The third-order valence-electron chi connectivity index (χ3n) is 4.46. The van der Waals surface area contributed by atoms with Crippen molar-refractivity contribution in [2.24, 2.45) is 11.7 Å². The van der Waals surface area contributed by atoms with Crippen LogP contribution in [0.15, 0.2) is 29.2 Å². The van der Waals surface area contributed by atoms with Crippen LogP contribution in [-0.2, 0) is 19.6 Å². The lowest BCUT2D eigenvalue weighted by atomic mass is 9.96. The van der Waals surface area contributed by atoms with Gasteiger partial charge in [0.1, 0.15) is 0 Å². The first-order valence-electron chi connectivity index (χ1n) is 9.25. The summed E-state index contributed by atoms with van der Waals surface area (Å²) in [6.07, 6.45) is 2.76. The number of piperidine rings is 1. The first kappa shape index (κ1) is 24.4. The fourth-order valence-corrected chi connectivity index (χ4v) is 4.14. The van der Waals surface area contributed by atoms with Crippen molar-refractivity contribution < 1.29 is 18.0 Å². The molecule has 4 N–H and O–H groups in total. The number of likely N-dealkylation sites (tertiary alicyclic amines) is 1. The van der Waals surface area contributed by atoms with Gasteiger partial charge in [-0.25, -0.2) is 13.1 Å². The van der Waals surface area contributed by atoms with E-state index in [4.69, 9.17) is 5.73 Å². The maximum atomic E-state index is 12.6. The van der Waals surface area contributed by atoms with Gasteiger partial charge >= 0.3 is 0 Å². The third kappa shape index (κ3) is 6.73. The predicted octanol–water partition coefficient (Wildman–Crippen LogP) is 1.32. The highest BCUT2D eigenvalue weighted by Crippen LogP contribution is 2.21. The van der Waals surface area contributed by atoms with Crippen LogP contribution < -0.4 is 15.8 Å². The minimum Gasteiger partial charge on any atom is -0.342 e. The largest absolute Gasteiger partial charge is 0.342 e. The maximum Gasteiger partial charge on any atom is 0.240 e. The quantitative estimate of drug-likeness (QED) is 0.572. The number of amides is 2. The molecule has 1 fully saturated rings. The third-order valence-corrected chi connectivity index (χ3v) is 5.92. The fraction of sp³-hybridized carbons (Fsp3) is 0.556. The Hall–Kier alpha value is -1.68. The molecular weight excluding hydrogens is 404 g/mol. The number of nitrogens with two attached hydrogens (primary N) is 1. The van der Waals surface area contributed by atoms with Crippen molar-refractivity contribution in [1.29, 1.82) is 0 Å². The average molecular weight is 433 g/mol. The Kier molecular flexibility index (Phi) is 9.88. The lowest BCUT2D eigenvalue weighted by Crippen LogP contribution is -2.43. The van der Waals surface area contributed by atoms with Crippen LogP contribution in [0.5, 0.6) is 0 Å². The molecule has 0 spiro atoms. The van der Waals surface area contributed by atoms with Crippen LogP contribution in [0.2, 0.25) is 0 Å². The van der Waals surface area contributed by atoms with Crippen LogP contribution in [0, 0.1) is 5.92 Å². The van der Waals surface area contributed by atoms with Crippen LogP contribution in [-0.4, -0.2) is 51.3 Å². The Morgan fingerprint density at radius 1 is 1.32 bits per heavy atom. The molecule has 0 bridgehead atoms. The molecule has 2 amide bonds. The number of nitrogens with zero attached hydrogens (tertiary/aromatic N) is 1. The molecule has 1 aromatic carbocycles. The number of hydrogen-bond donors (Lipinski definition) is 3. The zero-order valence-electron chi connectivity index (χ0n) is 16.0. The summed E-state index contributed by atoms with van der Waals surface area (Å²) in [5.74, 6) is -0.419. The van der Waals surface area contributed by atoms with Gasteiger partial charge < -0.3 is 16.0 Å². The second-order valence-electron chi connectivity index (χ2n) is 6.63. The highest BCUT2D eigenvalue weighted by molar-refractivity contribution is 7.89. The van der Waals surface area contributed by atoms with E-state index in [2.05, 4.69) is 10.0 Å². The van der Waals surface area contributed by atoms with Gasteiger partial charge in [0.05, 0.1) is 10.8 Å². The van der Waals surface area contributed by atoms with E-state index >= 15 is 0 Å². The number of halogens is 1. The molecule has 1 aliphatic rings. The molecule has 1 aliphatic heterocycles. The molecule has 0 saturated carbocycles. The van der Waals surface area contributed by atoms with Crippen molar-refractivity contribution >= 4 is 39.9 Å². The summed E-state index contributed by atoms with van der Waals surface area (Å²) in [6.45, 7) is 3.38. The molecule has 1 unspecified atom stereocenters. The molecule has 0 aliphatic carbocycles. The Labute approximate surface area is 172 Å². The SMILES string of the molecule is CCCC(=O)N1CCCC(C(=O)Nc2cccc(S(=O)(=O)NCCN)c2)C1.Cl. The summed E-state index contributed by atoms with van der Waals surface area (Å²) < 4.78 is 26.8. The van der Waals surface area contributed by atoms with Gasteiger partial charge in [-0.3, -0.25) is 9.59 Å². The summed E-state index contributed by atoms with van der Waals surface area (Å²) in [7, 11) is -3.67. The number of benzene rings is 1. The number of sulfonamides is 1. The van der Waals surface area contributed by atoms with Crippen LogP contribution in [0.4, 0.5) is 5.69 Å². The average Bonchev–Trinajstić information content (AvgIpc) is 2.67. The van der Waals surface area contributed by atoms with Crippen molar-refractivity contribution in [3.8, 4) is 0 Å². The minimum absolute atomic E-state index is 0. The molecule has 10 heteroatoms. The van der Waals surface area contributed by atoms with Crippen molar-refractivity contribution in [3.05, 3.63) is 24.3 Å². The highest BCUT2D eigenvalue weighted by atomic mass is 35.5. The Balaban J connectivity index is 0.00000392. The minimum atomic E-state index is -3.67. The summed E-state index contributed by atoms with van der Waals surface area (Å²) in [5.41, 5.74) is 5.74. The highest BCUT2D eigenvalue weighted by Gasteiger charge is 2.28. The number of carbonyl (C=O) groups is 2.